The second-order valence-corrected chi connectivity index (χ2v) is 10.5. The van der Waals surface area contributed by atoms with Crippen LogP contribution in [0.3, 0.4) is 0 Å². The average Bonchev–Trinajstić information content (AvgIpc) is 3.33. The van der Waals surface area contributed by atoms with Crippen molar-refractivity contribution in [2.75, 3.05) is 16.3 Å². The van der Waals surface area contributed by atoms with Crippen molar-refractivity contribution in [2.45, 2.75) is 6.92 Å². The summed E-state index contributed by atoms with van der Waals surface area (Å²) in [6.45, 7) is 1.91. The van der Waals surface area contributed by atoms with Crippen LogP contribution in [0.5, 0.6) is 0 Å². The van der Waals surface area contributed by atoms with Crippen LogP contribution in [0, 0.1) is 6.92 Å². The third kappa shape index (κ3) is 5.16. The number of hydrogen-bond acceptors (Lipinski definition) is 6. The van der Waals surface area contributed by atoms with E-state index in [-0.39, 0.29) is 16.6 Å². The first-order chi connectivity index (χ1) is 15.2. The Kier molecular flexibility index (Phi) is 6.00. The lowest BCUT2D eigenvalue weighted by Crippen LogP contribution is -2.12. The average molecular weight is 488 g/mol. The quantitative estimate of drug-likeness (QED) is 0.414. The number of aromatic nitrogens is 3. The van der Waals surface area contributed by atoms with Crippen molar-refractivity contribution in [2.24, 2.45) is 0 Å². The van der Waals surface area contributed by atoms with E-state index in [1.165, 1.54) is 23.5 Å². The number of amides is 1. The van der Waals surface area contributed by atoms with Gasteiger partial charge in [0.2, 0.25) is 10.0 Å². The van der Waals surface area contributed by atoms with Crippen LogP contribution in [0.25, 0.3) is 16.9 Å². The van der Waals surface area contributed by atoms with E-state index in [2.05, 4.69) is 20.4 Å². The number of sulfonamides is 1. The molecule has 2 N–H and O–H groups in total. The third-order valence-electron chi connectivity index (χ3n) is 4.39. The van der Waals surface area contributed by atoms with Gasteiger partial charge in [-0.1, -0.05) is 35.0 Å². The van der Waals surface area contributed by atoms with Gasteiger partial charge in [0, 0.05) is 21.2 Å². The molecule has 0 unspecified atom stereocenters. The van der Waals surface area contributed by atoms with E-state index in [0.29, 0.717) is 16.3 Å². The zero-order valence-corrected chi connectivity index (χ0v) is 19.4. The van der Waals surface area contributed by atoms with Gasteiger partial charge in [-0.3, -0.25) is 9.52 Å². The van der Waals surface area contributed by atoms with Gasteiger partial charge in [-0.25, -0.2) is 13.1 Å². The predicted octanol–water partition coefficient (Wildman–Crippen LogP) is 4.58. The number of carbonyl (C=O) groups is 1. The van der Waals surface area contributed by atoms with Gasteiger partial charge in [-0.15, -0.1) is 16.4 Å². The summed E-state index contributed by atoms with van der Waals surface area (Å²) in [5.74, 6) is -0.340. The standard InChI is InChI=1S/C21H18ClN5O3S2/c1-13-18(19-12-27(26-24-19)17-6-4-3-5-7-17)11-20(31-13)21(28)23-15-8-14(22)9-16(10-15)25-32(2,29)30/h3-12,25H,1-2H3,(H,23,28). The molecule has 0 atom stereocenters. The van der Waals surface area contributed by atoms with Gasteiger partial charge in [0.05, 0.1) is 28.7 Å². The van der Waals surface area contributed by atoms with Crippen LogP contribution in [0.1, 0.15) is 14.5 Å². The third-order valence-corrected chi connectivity index (χ3v) is 6.26. The van der Waals surface area contributed by atoms with Crippen LogP contribution < -0.4 is 10.0 Å². The first-order valence-electron chi connectivity index (χ1n) is 9.36. The molecule has 0 spiro atoms. The van der Waals surface area contributed by atoms with Gasteiger partial charge in [0.1, 0.15) is 5.69 Å². The maximum atomic E-state index is 12.8. The SMILES string of the molecule is Cc1sc(C(=O)Nc2cc(Cl)cc(NS(C)(=O)=O)c2)cc1-c1cn(-c2ccccc2)nn1. The number of thiophene rings is 1. The number of anilines is 2. The topological polar surface area (TPSA) is 106 Å². The Morgan fingerprint density at radius 1 is 1.09 bits per heavy atom. The molecule has 4 aromatic rings. The molecule has 0 radical (unpaired) electrons. The van der Waals surface area contributed by atoms with Crippen molar-refractivity contribution in [3.8, 4) is 16.9 Å². The molecule has 0 aliphatic heterocycles. The highest BCUT2D eigenvalue weighted by Crippen LogP contribution is 2.31. The van der Waals surface area contributed by atoms with Crippen LogP contribution >= 0.6 is 22.9 Å². The Morgan fingerprint density at radius 3 is 2.53 bits per heavy atom. The Balaban J connectivity index is 1.56. The van der Waals surface area contributed by atoms with Crippen molar-refractivity contribution < 1.29 is 13.2 Å². The highest BCUT2D eigenvalue weighted by atomic mass is 35.5. The lowest BCUT2D eigenvalue weighted by molar-refractivity contribution is 0.103. The van der Waals surface area contributed by atoms with Gasteiger partial charge in [0.15, 0.2) is 0 Å². The number of carbonyl (C=O) groups excluding carboxylic acids is 1. The molecule has 1 amide bonds. The fraction of sp³-hybridized carbons (Fsp3) is 0.0952. The molecule has 2 heterocycles. The normalized spacial score (nSPS) is 11.3. The monoisotopic (exact) mass is 487 g/mol. The molecule has 8 nitrogen and oxygen atoms in total. The number of benzene rings is 2. The largest absolute Gasteiger partial charge is 0.321 e. The second-order valence-electron chi connectivity index (χ2n) is 7.02. The highest BCUT2D eigenvalue weighted by Gasteiger charge is 2.17. The Morgan fingerprint density at radius 2 is 1.81 bits per heavy atom. The number of nitrogens with zero attached hydrogens (tertiary/aromatic N) is 3. The van der Waals surface area contributed by atoms with Crippen LogP contribution in [0.15, 0.2) is 60.8 Å². The van der Waals surface area contributed by atoms with Crippen molar-refractivity contribution in [3.05, 3.63) is 75.6 Å². The minimum Gasteiger partial charge on any atom is -0.321 e. The van der Waals surface area contributed by atoms with Gasteiger partial charge >= 0.3 is 0 Å². The summed E-state index contributed by atoms with van der Waals surface area (Å²) in [6, 6.07) is 15.9. The zero-order valence-electron chi connectivity index (χ0n) is 17.0. The van der Waals surface area contributed by atoms with E-state index >= 15 is 0 Å². The zero-order chi connectivity index (χ0) is 22.9. The number of nitrogens with one attached hydrogen (secondary N) is 2. The van der Waals surface area contributed by atoms with Crippen molar-refractivity contribution in [3.63, 3.8) is 0 Å². The molecular formula is C21H18ClN5O3S2. The Labute approximate surface area is 193 Å². The van der Waals surface area contributed by atoms with Gasteiger partial charge in [-0.2, -0.15) is 0 Å². The summed E-state index contributed by atoms with van der Waals surface area (Å²) >= 11 is 7.40. The van der Waals surface area contributed by atoms with E-state index in [0.717, 1.165) is 22.4 Å². The Hall–Kier alpha value is -3.21. The summed E-state index contributed by atoms with van der Waals surface area (Å²) in [5, 5.41) is 11.5. The van der Waals surface area contributed by atoms with Gasteiger partial charge in [-0.05, 0) is 43.3 Å². The number of para-hydroxylation sites is 1. The molecule has 0 aliphatic carbocycles. The highest BCUT2D eigenvalue weighted by molar-refractivity contribution is 7.92. The summed E-state index contributed by atoms with van der Waals surface area (Å²) in [6.07, 6.45) is 2.85. The van der Waals surface area contributed by atoms with E-state index in [1.807, 2.05) is 43.5 Å². The summed E-state index contributed by atoms with van der Waals surface area (Å²) in [7, 11) is -3.48. The molecule has 0 aliphatic rings. The lowest BCUT2D eigenvalue weighted by atomic mass is 10.2. The minimum atomic E-state index is -3.48. The minimum absolute atomic E-state index is 0.260. The molecule has 32 heavy (non-hydrogen) atoms. The molecule has 0 saturated heterocycles. The van der Waals surface area contributed by atoms with Gasteiger partial charge in [0.25, 0.3) is 5.91 Å². The number of aryl methyl sites for hydroxylation is 1. The Bertz CT molecular complexity index is 1400. The molecule has 2 aromatic heterocycles. The summed E-state index contributed by atoms with van der Waals surface area (Å²) < 4.78 is 27.0. The molecule has 0 fully saturated rings. The number of hydrogen-bond donors (Lipinski definition) is 2. The van der Waals surface area contributed by atoms with Crippen molar-refractivity contribution >= 4 is 50.2 Å². The van der Waals surface area contributed by atoms with Crippen molar-refractivity contribution in [1.29, 1.82) is 0 Å². The number of rotatable bonds is 6. The smallest absolute Gasteiger partial charge is 0.265 e. The number of halogens is 1. The van der Waals surface area contributed by atoms with Crippen LogP contribution in [0.2, 0.25) is 5.02 Å². The fourth-order valence-corrected chi connectivity index (χ4v) is 4.77. The first-order valence-corrected chi connectivity index (χ1v) is 12.4. The van der Waals surface area contributed by atoms with E-state index in [4.69, 9.17) is 11.6 Å². The van der Waals surface area contributed by atoms with Gasteiger partial charge < -0.3 is 5.32 Å². The fourth-order valence-electron chi connectivity index (χ4n) is 3.07. The lowest BCUT2D eigenvalue weighted by Gasteiger charge is -2.09. The van der Waals surface area contributed by atoms with E-state index in [9.17, 15) is 13.2 Å². The van der Waals surface area contributed by atoms with Crippen LogP contribution in [-0.4, -0.2) is 35.6 Å². The molecule has 2 aromatic carbocycles. The predicted molar refractivity (Wildman–Crippen MR) is 127 cm³/mol. The first kappa shape index (κ1) is 22.0. The molecular weight excluding hydrogens is 470 g/mol. The van der Waals surface area contributed by atoms with E-state index in [1.54, 1.807) is 16.8 Å². The summed E-state index contributed by atoms with van der Waals surface area (Å²) in [5.41, 5.74) is 2.99. The van der Waals surface area contributed by atoms with E-state index < -0.39 is 10.0 Å². The molecule has 0 bridgehead atoms. The maximum Gasteiger partial charge on any atom is 0.265 e. The second kappa shape index (κ2) is 8.73. The molecule has 0 saturated carbocycles. The summed E-state index contributed by atoms with van der Waals surface area (Å²) in [4.78, 5) is 14.2. The molecule has 164 valence electrons. The van der Waals surface area contributed by atoms with Crippen LogP contribution in [0.4, 0.5) is 11.4 Å². The maximum absolute atomic E-state index is 12.8. The van der Waals surface area contributed by atoms with Crippen molar-refractivity contribution in [1.82, 2.24) is 15.0 Å². The molecule has 4 rings (SSSR count). The molecule has 11 heteroatoms. The van der Waals surface area contributed by atoms with Crippen LogP contribution in [-0.2, 0) is 10.0 Å².